The molecule has 3 aromatic heterocycles. The van der Waals surface area contributed by atoms with E-state index in [-0.39, 0.29) is 23.7 Å². The lowest BCUT2D eigenvalue weighted by Gasteiger charge is -2.45. The molecule has 5 aromatic rings. The molecule has 0 saturated carbocycles. The number of rotatable bonds is 8. The Bertz CT molecular complexity index is 1760. The van der Waals surface area contributed by atoms with E-state index in [2.05, 4.69) is 15.3 Å². The van der Waals surface area contributed by atoms with Crippen LogP contribution in [0.2, 0.25) is 0 Å². The molecule has 9 nitrogen and oxygen atoms in total. The average Bonchev–Trinajstić information content (AvgIpc) is 3.27. The molecule has 11 heteroatoms. The topological polar surface area (TPSA) is 105 Å². The molecular formula is C31H29F2N5O4. The molecule has 3 N–H and O–H groups in total. The van der Waals surface area contributed by atoms with Crippen molar-refractivity contribution in [1.29, 1.82) is 0 Å². The van der Waals surface area contributed by atoms with Gasteiger partial charge in [-0.25, -0.2) is 18.7 Å². The Kier molecular flexibility index (Phi) is 6.82. The number of halogens is 2. The van der Waals surface area contributed by atoms with Crippen molar-refractivity contribution < 1.29 is 28.5 Å². The van der Waals surface area contributed by atoms with Crippen molar-refractivity contribution in [3.8, 4) is 28.6 Å². The van der Waals surface area contributed by atoms with Crippen molar-refractivity contribution in [1.82, 2.24) is 14.5 Å². The van der Waals surface area contributed by atoms with Crippen molar-refractivity contribution in [2.75, 3.05) is 37.5 Å². The number of hydrogen-bond acceptors (Lipinski definition) is 8. The van der Waals surface area contributed by atoms with Gasteiger partial charge < -0.3 is 34.5 Å². The first-order chi connectivity index (χ1) is 20.2. The molecule has 0 atom stereocenters. The summed E-state index contributed by atoms with van der Waals surface area (Å²) in [6, 6.07) is 14.1. The van der Waals surface area contributed by atoms with Crippen LogP contribution in [0.3, 0.4) is 0 Å². The lowest BCUT2D eigenvalue weighted by atomic mass is 9.96. The van der Waals surface area contributed by atoms with Crippen LogP contribution >= 0.6 is 0 Å². The van der Waals surface area contributed by atoms with Gasteiger partial charge in [0.2, 0.25) is 5.88 Å². The van der Waals surface area contributed by atoms with Gasteiger partial charge in [0.1, 0.15) is 29.0 Å². The van der Waals surface area contributed by atoms with Crippen LogP contribution < -0.4 is 19.7 Å². The smallest absolute Gasteiger partial charge is 0.203 e. The highest BCUT2D eigenvalue weighted by Crippen LogP contribution is 2.39. The fourth-order valence-corrected chi connectivity index (χ4v) is 5.24. The Morgan fingerprint density at radius 2 is 1.79 bits per heavy atom. The summed E-state index contributed by atoms with van der Waals surface area (Å²) in [6.07, 6.45) is 3.29. The van der Waals surface area contributed by atoms with Crippen LogP contribution in [0.1, 0.15) is 12.5 Å². The maximum Gasteiger partial charge on any atom is 0.203 e. The maximum atomic E-state index is 14.8. The molecule has 0 bridgehead atoms. The van der Waals surface area contributed by atoms with Crippen molar-refractivity contribution in [2.45, 2.75) is 19.1 Å². The molecule has 0 aliphatic carbocycles. The van der Waals surface area contributed by atoms with Gasteiger partial charge >= 0.3 is 0 Å². The summed E-state index contributed by atoms with van der Waals surface area (Å²) in [5.41, 5.74) is 1.36. The van der Waals surface area contributed by atoms with E-state index in [0.717, 1.165) is 11.3 Å². The van der Waals surface area contributed by atoms with E-state index in [1.807, 2.05) is 17.0 Å². The van der Waals surface area contributed by atoms with Crippen LogP contribution in [-0.2, 0) is 6.54 Å². The minimum absolute atomic E-state index is 0.0548. The van der Waals surface area contributed by atoms with E-state index >= 15 is 0 Å². The van der Waals surface area contributed by atoms with E-state index in [9.17, 15) is 19.0 Å². The van der Waals surface area contributed by atoms with Gasteiger partial charge in [-0.05, 0) is 49.4 Å². The number of nitrogens with zero attached hydrogens (tertiary/aromatic N) is 4. The number of aromatic nitrogens is 3. The zero-order valence-electron chi connectivity index (χ0n) is 23.2. The summed E-state index contributed by atoms with van der Waals surface area (Å²) < 4.78 is 42.0. The Labute approximate surface area is 240 Å². The fraction of sp³-hybridized carbons (Fsp3) is 0.226. The van der Waals surface area contributed by atoms with E-state index in [1.165, 1.54) is 24.3 Å². The van der Waals surface area contributed by atoms with E-state index < -0.39 is 17.2 Å². The molecule has 216 valence electrons. The van der Waals surface area contributed by atoms with Crippen molar-refractivity contribution in [2.24, 2.45) is 0 Å². The standard InChI is InChI=1S/C31H29F2N5O4/c1-31(40)16-38(17-31)19-8-10-27(34-13-19)36-24-12-23(28-21(32)5-4-6-22(28)33)35-25-15-37(30(39)29(24)25)14-18-7-9-20(41-2)11-26(18)42-3/h4-13,15,39-40H,14,16-17H2,1-3H3,(H,34,36). The van der Waals surface area contributed by atoms with Gasteiger partial charge in [-0.15, -0.1) is 0 Å². The molecule has 0 amide bonds. The summed E-state index contributed by atoms with van der Waals surface area (Å²) in [4.78, 5) is 11.0. The number of aliphatic hydroxyl groups is 1. The lowest BCUT2D eigenvalue weighted by molar-refractivity contribution is 0.0310. The second-order valence-corrected chi connectivity index (χ2v) is 10.5. The number of benzene rings is 2. The number of ether oxygens (including phenoxy) is 2. The third-order valence-corrected chi connectivity index (χ3v) is 7.31. The molecule has 0 radical (unpaired) electrons. The van der Waals surface area contributed by atoms with Crippen LogP contribution in [0.15, 0.2) is 67.0 Å². The third-order valence-electron chi connectivity index (χ3n) is 7.31. The fourth-order valence-electron chi connectivity index (χ4n) is 5.24. The first-order valence-corrected chi connectivity index (χ1v) is 13.2. The van der Waals surface area contributed by atoms with E-state index in [1.54, 1.807) is 56.3 Å². The van der Waals surface area contributed by atoms with Crippen molar-refractivity contribution in [3.05, 3.63) is 84.2 Å². The monoisotopic (exact) mass is 573 g/mol. The Morgan fingerprint density at radius 3 is 2.43 bits per heavy atom. The highest BCUT2D eigenvalue weighted by Gasteiger charge is 2.36. The third kappa shape index (κ3) is 5.03. The number of β-amino-alcohol motifs (C(OH)–C–C–N with tert-alkyl or cyclic N) is 1. The molecule has 1 fully saturated rings. The zero-order valence-corrected chi connectivity index (χ0v) is 23.2. The average molecular weight is 574 g/mol. The van der Waals surface area contributed by atoms with Gasteiger partial charge in [0.25, 0.3) is 0 Å². The summed E-state index contributed by atoms with van der Waals surface area (Å²) in [5.74, 6) is 0.0279. The molecule has 0 spiro atoms. The quantitative estimate of drug-likeness (QED) is 0.225. The number of pyridine rings is 2. The van der Waals surface area contributed by atoms with E-state index in [4.69, 9.17) is 9.47 Å². The van der Waals surface area contributed by atoms with Crippen LogP contribution in [0.25, 0.3) is 22.2 Å². The Balaban J connectivity index is 1.42. The van der Waals surface area contributed by atoms with Gasteiger partial charge in [0.05, 0.1) is 66.1 Å². The molecule has 6 rings (SSSR count). The summed E-state index contributed by atoms with van der Waals surface area (Å²) in [6.45, 7) is 3.01. The SMILES string of the molecule is COc1ccc(Cn2cc3nc(-c4c(F)cccc4F)cc(Nc4ccc(N5CC(C)(O)C5)cn4)c3c2O)c(OC)c1. The minimum Gasteiger partial charge on any atom is -0.497 e. The van der Waals surface area contributed by atoms with Gasteiger partial charge in [-0.3, -0.25) is 0 Å². The Morgan fingerprint density at radius 1 is 1.02 bits per heavy atom. The van der Waals surface area contributed by atoms with Crippen molar-refractivity contribution >= 4 is 28.1 Å². The molecule has 42 heavy (non-hydrogen) atoms. The maximum absolute atomic E-state index is 14.8. The summed E-state index contributed by atoms with van der Waals surface area (Å²) in [5, 5.41) is 25.0. The molecule has 1 saturated heterocycles. The summed E-state index contributed by atoms with van der Waals surface area (Å²) in [7, 11) is 3.11. The molecule has 0 unspecified atom stereocenters. The second kappa shape index (κ2) is 10.5. The number of nitrogens with one attached hydrogen (secondary N) is 1. The number of hydrogen-bond donors (Lipinski definition) is 3. The second-order valence-electron chi connectivity index (χ2n) is 10.5. The number of methoxy groups -OCH3 is 2. The molecule has 2 aromatic carbocycles. The van der Waals surface area contributed by atoms with Crippen LogP contribution in [-0.4, -0.2) is 57.7 Å². The van der Waals surface area contributed by atoms with Crippen LogP contribution in [0.4, 0.5) is 26.0 Å². The first kappa shape index (κ1) is 27.3. The van der Waals surface area contributed by atoms with Crippen LogP contribution in [0, 0.1) is 11.6 Å². The molecule has 1 aliphatic heterocycles. The highest BCUT2D eigenvalue weighted by molar-refractivity contribution is 5.99. The molecular weight excluding hydrogens is 544 g/mol. The normalized spacial score (nSPS) is 14.1. The van der Waals surface area contributed by atoms with Crippen LogP contribution in [0.5, 0.6) is 17.4 Å². The number of aromatic hydroxyl groups is 1. The zero-order chi connectivity index (χ0) is 29.6. The van der Waals surface area contributed by atoms with Gasteiger partial charge in [0, 0.05) is 30.9 Å². The number of anilines is 3. The Hall–Kier alpha value is -4.90. The predicted octanol–water partition coefficient (Wildman–Crippen LogP) is 5.46. The largest absolute Gasteiger partial charge is 0.497 e. The first-order valence-electron chi connectivity index (χ1n) is 13.2. The number of fused-ring (bicyclic) bond motifs is 1. The highest BCUT2D eigenvalue weighted by atomic mass is 19.1. The van der Waals surface area contributed by atoms with Gasteiger partial charge in [0.15, 0.2) is 0 Å². The van der Waals surface area contributed by atoms with Gasteiger partial charge in [-0.2, -0.15) is 0 Å². The lowest BCUT2D eigenvalue weighted by Crippen LogP contribution is -2.60. The van der Waals surface area contributed by atoms with Crippen molar-refractivity contribution in [3.63, 3.8) is 0 Å². The van der Waals surface area contributed by atoms with E-state index in [0.29, 0.717) is 47.0 Å². The predicted molar refractivity (Wildman–Crippen MR) is 156 cm³/mol. The summed E-state index contributed by atoms with van der Waals surface area (Å²) >= 11 is 0. The van der Waals surface area contributed by atoms with Gasteiger partial charge in [-0.1, -0.05) is 6.07 Å². The molecule has 4 heterocycles. The minimum atomic E-state index is -0.757. The molecule has 1 aliphatic rings.